The van der Waals surface area contributed by atoms with Gasteiger partial charge in [-0.05, 0) is 48.1 Å². The van der Waals surface area contributed by atoms with Gasteiger partial charge in [0.1, 0.15) is 0 Å². The van der Waals surface area contributed by atoms with Gasteiger partial charge in [0, 0.05) is 12.4 Å². The molecule has 2 atom stereocenters. The van der Waals surface area contributed by atoms with Gasteiger partial charge >= 0.3 is 0 Å². The van der Waals surface area contributed by atoms with Gasteiger partial charge in [0.15, 0.2) is 0 Å². The number of rotatable bonds is 6. The second-order valence-electron chi connectivity index (χ2n) is 7.44. The van der Waals surface area contributed by atoms with Gasteiger partial charge in [-0.25, -0.2) is 0 Å². The van der Waals surface area contributed by atoms with E-state index < -0.39 is 6.04 Å². The molecule has 1 aromatic carbocycles. The Labute approximate surface area is 156 Å². The van der Waals surface area contributed by atoms with Crippen LogP contribution >= 0.6 is 0 Å². The van der Waals surface area contributed by atoms with E-state index in [9.17, 15) is 4.79 Å². The first-order valence-electron chi connectivity index (χ1n) is 9.70. The van der Waals surface area contributed by atoms with Crippen LogP contribution in [-0.2, 0) is 4.79 Å². The molecule has 1 heterocycles. The maximum atomic E-state index is 12.5. The van der Waals surface area contributed by atoms with Crippen LogP contribution in [0.4, 0.5) is 0 Å². The standard InChI is InChI=1S/C22H29N3O/c1-16(25-22(26)21(23)13-17-7-3-2-4-8-17)18-9-5-10-19(14-18)20-11-6-12-24-15-20/h5-6,9-12,14-17,21H,2-4,7-8,13,23H2,1H3,(H,25,26)/t16-,21-/m0/s1. The molecule has 0 saturated heterocycles. The minimum atomic E-state index is -0.415. The Morgan fingerprint density at radius 2 is 1.96 bits per heavy atom. The predicted octanol–water partition coefficient (Wildman–Crippen LogP) is 4.22. The first kappa shape index (κ1) is 18.6. The molecule has 0 radical (unpaired) electrons. The van der Waals surface area contributed by atoms with E-state index in [-0.39, 0.29) is 11.9 Å². The van der Waals surface area contributed by atoms with Crippen LogP contribution in [0, 0.1) is 5.92 Å². The number of nitrogens with one attached hydrogen (secondary N) is 1. The zero-order chi connectivity index (χ0) is 18.4. The summed E-state index contributed by atoms with van der Waals surface area (Å²) in [5, 5.41) is 3.08. The van der Waals surface area contributed by atoms with Gasteiger partial charge in [-0.1, -0.05) is 56.4 Å². The van der Waals surface area contributed by atoms with E-state index in [1.165, 1.54) is 32.1 Å². The lowest BCUT2D eigenvalue weighted by atomic mass is 9.85. The lowest BCUT2D eigenvalue weighted by molar-refractivity contribution is -0.123. The van der Waals surface area contributed by atoms with Crippen LogP contribution in [0.25, 0.3) is 11.1 Å². The van der Waals surface area contributed by atoms with Crippen LogP contribution < -0.4 is 11.1 Å². The summed E-state index contributed by atoms with van der Waals surface area (Å²) in [5.41, 5.74) is 9.42. The summed E-state index contributed by atoms with van der Waals surface area (Å²) in [6.45, 7) is 2.01. The number of pyridine rings is 1. The quantitative estimate of drug-likeness (QED) is 0.818. The molecule has 1 saturated carbocycles. The Kier molecular flexibility index (Phi) is 6.40. The summed E-state index contributed by atoms with van der Waals surface area (Å²) < 4.78 is 0. The van der Waals surface area contributed by atoms with Crippen molar-refractivity contribution in [3.8, 4) is 11.1 Å². The minimum Gasteiger partial charge on any atom is -0.348 e. The van der Waals surface area contributed by atoms with Gasteiger partial charge in [-0.15, -0.1) is 0 Å². The Morgan fingerprint density at radius 1 is 1.19 bits per heavy atom. The average molecular weight is 351 g/mol. The fourth-order valence-corrected chi connectivity index (χ4v) is 3.81. The zero-order valence-electron chi connectivity index (χ0n) is 15.5. The monoisotopic (exact) mass is 351 g/mol. The highest BCUT2D eigenvalue weighted by Gasteiger charge is 2.22. The van der Waals surface area contributed by atoms with Gasteiger partial charge in [-0.2, -0.15) is 0 Å². The number of aromatic nitrogens is 1. The summed E-state index contributed by atoms with van der Waals surface area (Å²) in [6, 6.07) is 11.7. The lowest BCUT2D eigenvalue weighted by Crippen LogP contribution is -2.42. The van der Waals surface area contributed by atoms with Crippen LogP contribution in [0.3, 0.4) is 0 Å². The van der Waals surface area contributed by atoms with Crippen molar-refractivity contribution in [1.29, 1.82) is 0 Å². The molecule has 1 aromatic heterocycles. The molecule has 138 valence electrons. The highest BCUT2D eigenvalue weighted by atomic mass is 16.2. The molecule has 0 unspecified atom stereocenters. The third kappa shape index (κ3) is 4.92. The molecule has 4 nitrogen and oxygen atoms in total. The summed E-state index contributed by atoms with van der Waals surface area (Å²) in [5.74, 6) is 0.559. The van der Waals surface area contributed by atoms with Crippen LogP contribution in [-0.4, -0.2) is 16.9 Å². The summed E-state index contributed by atoms with van der Waals surface area (Å²) in [7, 11) is 0. The SMILES string of the molecule is C[C@H](NC(=O)[C@@H](N)CC1CCCCC1)c1cccc(-c2cccnc2)c1. The number of hydrogen-bond donors (Lipinski definition) is 2. The van der Waals surface area contributed by atoms with Crippen LogP contribution in [0.5, 0.6) is 0 Å². The van der Waals surface area contributed by atoms with Crippen molar-refractivity contribution >= 4 is 5.91 Å². The molecule has 3 rings (SSSR count). The first-order valence-corrected chi connectivity index (χ1v) is 9.70. The number of nitrogens with zero attached hydrogens (tertiary/aromatic N) is 1. The summed E-state index contributed by atoms with van der Waals surface area (Å²) in [4.78, 5) is 16.7. The molecule has 4 heteroatoms. The Morgan fingerprint density at radius 3 is 2.69 bits per heavy atom. The van der Waals surface area contributed by atoms with Crippen molar-refractivity contribution in [1.82, 2.24) is 10.3 Å². The Balaban J connectivity index is 1.60. The smallest absolute Gasteiger partial charge is 0.237 e. The molecule has 0 bridgehead atoms. The average Bonchev–Trinajstić information content (AvgIpc) is 2.69. The third-order valence-corrected chi connectivity index (χ3v) is 5.39. The fourth-order valence-electron chi connectivity index (χ4n) is 3.81. The highest BCUT2D eigenvalue weighted by Crippen LogP contribution is 2.27. The van der Waals surface area contributed by atoms with Gasteiger partial charge in [0.2, 0.25) is 5.91 Å². The molecule has 1 fully saturated rings. The van der Waals surface area contributed by atoms with Crippen molar-refractivity contribution in [2.24, 2.45) is 11.7 Å². The third-order valence-electron chi connectivity index (χ3n) is 5.39. The first-order chi connectivity index (χ1) is 12.6. The van der Waals surface area contributed by atoms with Crippen molar-refractivity contribution in [2.75, 3.05) is 0 Å². The number of hydrogen-bond acceptors (Lipinski definition) is 3. The van der Waals surface area contributed by atoms with Gasteiger partial charge in [-0.3, -0.25) is 9.78 Å². The molecule has 1 aliphatic carbocycles. The molecule has 0 spiro atoms. The van der Waals surface area contributed by atoms with Crippen LogP contribution in [0.1, 0.15) is 57.1 Å². The van der Waals surface area contributed by atoms with Crippen molar-refractivity contribution in [2.45, 2.75) is 57.5 Å². The number of carbonyl (C=O) groups excluding carboxylic acids is 1. The number of benzene rings is 1. The molecule has 26 heavy (non-hydrogen) atoms. The second-order valence-corrected chi connectivity index (χ2v) is 7.44. The lowest BCUT2D eigenvalue weighted by Gasteiger charge is -2.25. The van der Waals surface area contributed by atoms with Crippen LogP contribution in [0.2, 0.25) is 0 Å². The van der Waals surface area contributed by atoms with Gasteiger partial charge in [0.25, 0.3) is 0 Å². The van der Waals surface area contributed by atoms with Crippen LogP contribution in [0.15, 0.2) is 48.8 Å². The van der Waals surface area contributed by atoms with E-state index in [4.69, 9.17) is 5.73 Å². The molecular weight excluding hydrogens is 322 g/mol. The highest BCUT2D eigenvalue weighted by molar-refractivity contribution is 5.82. The van der Waals surface area contributed by atoms with E-state index in [1.807, 2.05) is 37.4 Å². The van der Waals surface area contributed by atoms with Gasteiger partial charge in [0.05, 0.1) is 12.1 Å². The van der Waals surface area contributed by atoms with E-state index in [0.717, 1.165) is 23.1 Å². The maximum Gasteiger partial charge on any atom is 0.237 e. The molecular formula is C22H29N3O. The van der Waals surface area contributed by atoms with Crippen molar-refractivity contribution < 1.29 is 4.79 Å². The van der Waals surface area contributed by atoms with E-state index in [1.54, 1.807) is 6.20 Å². The predicted molar refractivity (Wildman–Crippen MR) is 105 cm³/mol. The van der Waals surface area contributed by atoms with Gasteiger partial charge < -0.3 is 11.1 Å². The molecule has 3 N–H and O–H groups in total. The van der Waals surface area contributed by atoms with E-state index >= 15 is 0 Å². The minimum absolute atomic E-state index is 0.0464. The topological polar surface area (TPSA) is 68.0 Å². The van der Waals surface area contributed by atoms with Crippen molar-refractivity contribution in [3.05, 3.63) is 54.4 Å². The normalized spacial score (nSPS) is 17.5. The summed E-state index contributed by atoms with van der Waals surface area (Å²) in [6.07, 6.45) is 10.7. The fraction of sp³-hybridized carbons (Fsp3) is 0.455. The Bertz CT molecular complexity index is 710. The Hall–Kier alpha value is -2.20. The number of amides is 1. The number of nitrogens with two attached hydrogens (primary N) is 1. The molecule has 1 aliphatic rings. The molecule has 2 aromatic rings. The van der Waals surface area contributed by atoms with E-state index in [0.29, 0.717) is 5.92 Å². The van der Waals surface area contributed by atoms with Crippen molar-refractivity contribution in [3.63, 3.8) is 0 Å². The molecule has 1 amide bonds. The second kappa shape index (κ2) is 8.95. The van der Waals surface area contributed by atoms with E-state index in [2.05, 4.69) is 22.4 Å². The molecule has 0 aliphatic heterocycles. The largest absolute Gasteiger partial charge is 0.348 e. The summed E-state index contributed by atoms with van der Waals surface area (Å²) >= 11 is 0. The maximum absolute atomic E-state index is 12.5. The zero-order valence-corrected chi connectivity index (χ0v) is 15.5. The number of carbonyl (C=O) groups is 1.